The molecule has 6 nitrogen and oxygen atoms in total. The highest BCUT2D eigenvalue weighted by Gasteiger charge is 2.19. The van der Waals surface area contributed by atoms with Crippen molar-refractivity contribution in [2.75, 3.05) is 4.72 Å². The molecule has 2 heterocycles. The van der Waals surface area contributed by atoms with Gasteiger partial charge in [-0.05, 0) is 19.9 Å². The molecule has 2 aromatic heterocycles. The Morgan fingerprint density at radius 2 is 2.26 bits per heavy atom. The molecule has 0 unspecified atom stereocenters. The summed E-state index contributed by atoms with van der Waals surface area (Å²) in [6.07, 6.45) is 3.12. The lowest BCUT2D eigenvalue weighted by Gasteiger charge is -2.02. The minimum Gasteiger partial charge on any atom is -0.390 e. The van der Waals surface area contributed by atoms with Crippen LogP contribution in [-0.2, 0) is 23.2 Å². The molecule has 2 aromatic rings. The summed E-state index contributed by atoms with van der Waals surface area (Å²) in [5.41, 5.74) is 0.568. The predicted octanol–water partition coefficient (Wildman–Crippen LogP) is 1.57. The fraction of sp³-hybridized carbons (Fsp3) is 0.364. The van der Waals surface area contributed by atoms with Crippen LogP contribution < -0.4 is 4.72 Å². The second-order valence-electron chi connectivity index (χ2n) is 3.99. The summed E-state index contributed by atoms with van der Waals surface area (Å²) in [5.74, 6) is 0. The van der Waals surface area contributed by atoms with Crippen LogP contribution in [0.1, 0.15) is 17.5 Å². The van der Waals surface area contributed by atoms with E-state index >= 15 is 0 Å². The molecule has 0 atom stereocenters. The van der Waals surface area contributed by atoms with Crippen molar-refractivity contribution in [3.63, 3.8) is 0 Å². The molecular formula is C11H15N3O3S2. The summed E-state index contributed by atoms with van der Waals surface area (Å²) in [7, 11) is -3.66. The smallest absolute Gasteiger partial charge is 0.265 e. The first kappa shape index (κ1) is 14.0. The van der Waals surface area contributed by atoms with Gasteiger partial charge in [0.15, 0.2) is 5.13 Å². The van der Waals surface area contributed by atoms with Crippen LogP contribution in [0.5, 0.6) is 0 Å². The van der Waals surface area contributed by atoms with Crippen LogP contribution in [0.4, 0.5) is 5.13 Å². The van der Waals surface area contributed by atoms with Crippen molar-refractivity contribution < 1.29 is 13.5 Å². The van der Waals surface area contributed by atoms with Crippen molar-refractivity contribution in [1.29, 1.82) is 0 Å². The van der Waals surface area contributed by atoms with E-state index < -0.39 is 10.0 Å². The molecule has 0 aromatic carbocycles. The molecule has 0 bridgehead atoms. The SMILES string of the molecule is CCn1cc(S(=O)(=O)Nc2ncc(C)s2)cc1CO. The fourth-order valence-electron chi connectivity index (χ4n) is 1.67. The summed E-state index contributed by atoms with van der Waals surface area (Å²) in [6.45, 7) is 4.14. The summed E-state index contributed by atoms with van der Waals surface area (Å²) in [4.78, 5) is 5.03. The van der Waals surface area contributed by atoms with Crippen molar-refractivity contribution in [2.45, 2.75) is 31.9 Å². The monoisotopic (exact) mass is 301 g/mol. The maximum absolute atomic E-state index is 12.2. The van der Waals surface area contributed by atoms with Gasteiger partial charge in [0.1, 0.15) is 4.90 Å². The molecule has 8 heteroatoms. The van der Waals surface area contributed by atoms with Gasteiger partial charge in [0, 0.05) is 29.5 Å². The van der Waals surface area contributed by atoms with Crippen LogP contribution in [0.25, 0.3) is 0 Å². The Balaban J connectivity index is 2.31. The number of thiazole rings is 1. The quantitative estimate of drug-likeness (QED) is 0.878. The lowest BCUT2D eigenvalue weighted by molar-refractivity contribution is 0.271. The second kappa shape index (κ2) is 5.32. The third-order valence-corrected chi connectivity index (χ3v) is 4.88. The summed E-state index contributed by atoms with van der Waals surface area (Å²) in [6, 6.07) is 1.46. The molecule has 2 rings (SSSR count). The first-order valence-corrected chi connectivity index (χ1v) is 8.01. The highest BCUT2D eigenvalue weighted by Crippen LogP contribution is 2.22. The summed E-state index contributed by atoms with van der Waals surface area (Å²) >= 11 is 1.27. The Labute approximate surface area is 115 Å². The zero-order chi connectivity index (χ0) is 14.0. The van der Waals surface area contributed by atoms with Crippen LogP contribution in [0.15, 0.2) is 23.4 Å². The third kappa shape index (κ3) is 2.96. The third-order valence-electron chi connectivity index (χ3n) is 2.62. The number of hydrogen-bond donors (Lipinski definition) is 2. The summed E-state index contributed by atoms with van der Waals surface area (Å²) < 4.78 is 28.5. The minimum absolute atomic E-state index is 0.131. The van der Waals surface area contributed by atoms with Crippen molar-refractivity contribution >= 4 is 26.5 Å². The van der Waals surface area contributed by atoms with Crippen LogP contribution in [0, 0.1) is 6.92 Å². The maximum atomic E-state index is 12.2. The number of hydrogen-bond acceptors (Lipinski definition) is 5. The van der Waals surface area contributed by atoms with Gasteiger partial charge in [-0.15, -0.1) is 11.3 Å². The van der Waals surface area contributed by atoms with E-state index in [-0.39, 0.29) is 11.5 Å². The van der Waals surface area contributed by atoms with E-state index in [1.54, 1.807) is 10.8 Å². The Hall–Kier alpha value is -1.38. The van der Waals surface area contributed by atoms with Crippen molar-refractivity contribution in [1.82, 2.24) is 9.55 Å². The Morgan fingerprint density at radius 1 is 1.53 bits per heavy atom. The van der Waals surface area contributed by atoms with Gasteiger partial charge in [0.2, 0.25) is 0 Å². The van der Waals surface area contributed by atoms with Crippen molar-refractivity contribution in [3.05, 3.63) is 29.0 Å². The first-order chi connectivity index (χ1) is 8.96. The Kier molecular flexibility index (Phi) is 3.93. The molecule has 0 saturated carbocycles. The summed E-state index contributed by atoms with van der Waals surface area (Å²) in [5, 5.41) is 9.52. The highest BCUT2D eigenvalue weighted by molar-refractivity contribution is 7.93. The normalized spacial score (nSPS) is 11.7. The predicted molar refractivity (Wildman–Crippen MR) is 73.7 cm³/mol. The van der Waals surface area contributed by atoms with Gasteiger partial charge in [0.25, 0.3) is 10.0 Å². The molecule has 0 radical (unpaired) electrons. The molecule has 104 valence electrons. The highest BCUT2D eigenvalue weighted by atomic mass is 32.2. The number of aliphatic hydroxyl groups excluding tert-OH is 1. The molecule has 0 spiro atoms. The Bertz CT molecular complexity index is 652. The Morgan fingerprint density at radius 3 is 2.74 bits per heavy atom. The standard InChI is InChI=1S/C11H15N3O3S2/c1-3-14-6-10(4-9(14)7-15)19(16,17)13-11-12-5-8(2)18-11/h4-6,15H,3,7H2,1-2H3,(H,12,13). The van der Waals surface area contributed by atoms with E-state index in [2.05, 4.69) is 9.71 Å². The van der Waals surface area contributed by atoms with E-state index in [1.165, 1.54) is 23.6 Å². The number of aliphatic hydroxyl groups is 1. The maximum Gasteiger partial charge on any atom is 0.265 e. The number of rotatable bonds is 5. The van der Waals surface area contributed by atoms with E-state index in [0.29, 0.717) is 17.4 Å². The number of nitrogens with zero attached hydrogens (tertiary/aromatic N) is 2. The van der Waals surface area contributed by atoms with Gasteiger partial charge >= 0.3 is 0 Å². The van der Waals surface area contributed by atoms with E-state index in [1.807, 2.05) is 13.8 Å². The molecule has 19 heavy (non-hydrogen) atoms. The minimum atomic E-state index is -3.66. The topological polar surface area (TPSA) is 84.2 Å². The van der Waals surface area contributed by atoms with Crippen LogP contribution in [-0.4, -0.2) is 23.1 Å². The molecule has 0 aliphatic carbocycles. The lowest BCUT2D eigenvalue weighted by atomic mass is 10.4. The van der Waals surface area contributed by atoms with E-state index in [9.17, 15) is 13.5 Å². The van der Waals surface area contributed by atoms with Gasteiger partial charge < -0.3 is 9.67 Å². The van der Waals surface area contributed by atoms with Gasteiger partial charge in [-0.25, -0.2) is 13.4 Å². The van der Waals surface area contributed by atoms with Crippen LogP contribution in [0.3, 0.4) is 0 Å². The zero-order valence-corrected chi connectivity index (χ0v) is 12.3. The number of nitrogens with one attached hydrogen (secondary N) is 1. The van der Waals surface area contributed by atoms with Gasteiger partial charge in [-0.1, -0.05) is 0 Å². The number of aryl methyl sites for hydroxylation is 2. The first-order valence-electron chi connectivity index (χ1n) is 5.71. The number of anilines is 1. The average Bonchev–Trinajstić information content (AvgIpc) is 2.94. The molecule has 0 saturated heterocycles. The van der Waals surface area contributed by atoms with E-state index in [0.717, 1.165) is 4.88 Å². The number of sulfonamides is 1. The largest absolute Gasteiger partial charge is 0.390 e. The zero-order valence-electron chi connectivity index (χ0n) is 10.6. The number of aromatic nitrogens is 2. The van der Waals surface area contributed by atoms with Gasteiger partial charge in [-0.2, -0.15) is 0 Å². The van der Waals surface area contributed by atoms with E-state index in [4.69, 9.17) is 0 Å². The van der Waals surface area contributed by atoms with Crippen LogP contribution >= 0.6 is 11.3 Å². The van der Waals surface area contributed by atoms with Gasteiger partial charge in [-0.3, -0.25) is 4.72 Å². The van der Waals surface area contributed by atoms with Gasteiger partial charge in [0.05, 0.1) is 6.61 Å². The second-order valence-corrected chi connectivity index (χ2v) is 6.91. The molecule has 0 fully saturated rings. The van der Waals surface area contributed by atoms with Crippen molar-refractivity contribution in [2.24, 2.45) is 0 Å². The molecule has 0 amide bonds. The van der Waals surface area contributed by atoms with Crippen LogP contribution in [0.2, 0.25) is 0 Å². The fourth-order valence-corrected chi connectivity index (χ4v) is 3.64. The molecule has 0 aliphatic rings. The van der Waals surface area contributed by atoms with Crippen molar-refractivity contribution in [3.8, 4) is 0 Å². The lowest BCUT2D eigenvalue weighted by Crippen LogP contribution is -2.12. The molecular weight excluding hydrogens is 286 g/mol. The molecule has 0 aliphatic heterocycles. The molecule has 2 N–H and O–H groups in total. The average molecular weight is 301 g/mol.